The number of unbranched alkanes of at least 4 members (excludes halogenated alkanes) is 45. The highest BCUT2D eigenvalue weighted by molar-refractivity contribution is 5.76. The highest BCUT2D eigenvalue weighted by Crippen LogP contribution is 2.18. The van der Waals surface area contributed by atoms with Crippen molar-refractivity contribution in [2.45, 2.75) is 353 Å². The van der Waals surface area contributed by atoms with Gasteiger partial charge in [0.05, 0.1) is 25.4 Å². The zero-order chi connectivity index (χ0) is 47.2. The monoisotopic (exact) mass is 920 g/mol. The van der Waals surface area contributed by atoms with E-state index in [1.807, 2.05) is 0 Å². The van der Waals surface area contributed by atoms with Crippen LogP contribution in [0.2, 0.25) is 0 Å². The Morgan fingerprint density at radius 1 is 0.369 bits per heavy atom. The first-order valence-electron chi connectivity index (χ1n) is 29.8. The van der Waals surface area contributed by atoms with Crippen LogP contribution in [0, 0.1) is 0 Å². The van der Waals surface area contributed by atoms with E-state index in [0.29, 0.717) is 25.9 Å². The summed E-state index contributed by atoms with van der Waals surface area (Å²) in [6.45, 7) is 4.97. The summed E-state index contributed by atoms with van der Waals surface area (Å²) >= 11 is 0. The number of hydrogen-bond donors (Lipinski definition) is 3. The molecule has 0 rings (SSSR count). The van der Waals surface area contributed by atoms with E-state index in [2.05, 4.69) is 19.2 Å². The molecule has 0 radical (unpaired) electrons. The van der Waals surface area contributed by atoms with Crippen molar-refractivity contribution in [3.63, 3.8) is 0 Å². The Morgan fingerprint density at radius 3 is 0.938 bits per heavy atom. The largest absolute Gasteiger partial charge is 0.466 e. The van der Waals surface area contributed by atoms with Crippen LogP contribution in [-0.2, 0) is 14.3 Å². The normalized spacial score (nSPS) is 12.5. The standard InChI is InChI=1S/C59H117NO5/c1-3-5-7-9-11-13-15-17-19-20-21-25-29-33-37-41-45-49-53-59(64)65-54-50-46-42-38-34-30-26-23-22-24-28-32-36-40-44-48-52-58(63)60-56(55-61)57(62)51-47-43-39-35-31-27-18-16-14-12-10-8-6-4-2/h56-57,61-62H,3-55H2,1-2H3,(H,60,63). The molecule has 6 nitrogen and oxygen atoms in total. The SMILES string of the molecule is CCCCCCCCCCCCCCCCCCCCC(=O)OCCCCCCCCCCCCCCCCCCC(=O)NC(CO)C(O)CCCCCCCCCCCCCCCC. The second-order valence-corrected chi connectivity index (χ2v) is 20.7. The number of ether oxygens (including phenoxy) is 1. The Hall–Kier alpha value is -1.14. The summed E-state index contributed by atoms with van der Waals surface area (Å²) < 4.78 is 5.49. The quantitative estimate of drug-likeness (QED) is 0.0417. The minimum atomic E-state index is -0.667. The van der Waals surface area contributed by atoms with Crippen molar-refractivity contribution < 1.29 is 24.5 Å². The third-order valence-corrected chi connectivity index (χ3v) is 14.2. The topological polar surface area (TPSA) is 95.9 Å². The van der Waals surface area contributed by atoms with Crippen LogP contribution < -0.4 is 5.32 Å². The average molecular weight is 921 g/mol. The summed E-state index contributed by atoms with van der Waals surface area (Å²) in [5, 5.41) is 23.3. The van der Waals surface area contributed by atoms with Crippen molar-refractivity contribution in [2.24, 2.45) is 0 Å². The number of carbonyl (C=O) groups is 2. The van der Waals surface area contributed by atoms with Crippen LogP contribution in [-0.4, -0.2) is 47.4 Å². The molecule has 0 saturated carbocycles. The van der Waals surface area contributed by atoms with E-state index in [-0.39, 0.29) is 18.5 Å². The molecule has 0 aliphatic rings. The second kappa shape index (κ2) is 55.5. The summed E-state index contributed by atoms with van der Waals surface area (Å²) in [7, 11) is 0. The van der Waals surface area contributed by atoms with Crippen LogP contribution >= 0.6 is 0 Å². The molecule has 0 spiro atoms. The number of esters is 1. The maximum Gasteiger partial charge on any atom is 0.305 e. The van der Waals surface area contributed by atoms with Crippen LogP contribution in [0.25, 0.3) is 0 Å². The molecule has 0 bridgehead atoms. The van der Waals surface area contributed by atoms with Crippen LogP contribution in [0.5, 0.6) is 0 Å². The molecule has 0 aromatic rings. The predicted octanol–water partition coefficient (Wildman–Crippen LogP) is 18.3. The smallest absolute Gasteiger partial charge is 0.305 e. The maximum absolute atomic E-state index is 12.5. The molecule has 0 aliphatic carbocycles. The third-order valence-electron chi connectivity index (χ3n) is 14.2. The summed E-state index contributed by atoms with van der Waals surface area (Å²) in [4.78, 5) is 24.6. The van der Waals surface area contributed by atoms with Crippen LogP contribution in [0.1, 0.15) is 341 Å². The van der Waals surface area contributed by atoms with Crippen LogP contribution in [0.15, 0.2) is 0 Å². The molecule has 65 heavy (non-hydrogen) atoms. The van der Waals surface area contributed by atoms with E-state index >= 15 is 0 Å². The Balaban J connectivity index is 3.38. The van der Waals surface area contributed by atoms with Crippen molar-refractivity contribution in [3.05, 3.63) is 0 Å². The fraction of sp³-hybridized carbons (Fsp3) is 0.966. The van der Waals surface area contributed by atoms with Crippen molar-refractivity contribution in [1.29, 1.82) is 0 Å². The second-order valence-electron chi connectivity index (χ2n) is 20.7. The highest BCUT2D eigenvalue weighted by Gasteiger charge is 2.20. The fourth-order valence-electron chi connectivity index (χ4n) is 9.58. The van der Waals surface area contributed by atoms with E-state index in [4.69, 9.17) is 4.74 Å². The van der Waals surface area contributed by atoms with E-state index in [0.717, 1.165) is 38.5 Å². The van der Waals surface area contributed by atoms with Crippen LogP contribution in [0.3, 0.4) is 0 Å². The van der Waals surface area contributed by atoms with Gasteiger partial charge in [-0.2, -0.15) is 0 Å². The Kier molecular flexibility index (Phi) is 54.5. The molecule has 2 unspecified atom stereocenters. The molecule has 388 valence electrons. The number of aliphatic hydroxyl groups excluding tert-OH is 2. The summed E-state index contributed by atoms with van der Waals surface area (Å²) in [5.41, 5.74) is 0. The average Bonchev–Trinajstić information content (AvgIpc) is 3.31. The number of aliphatic hydroxyl groups is 2. The highest BCUT2D eigenvalue weighted by atomic mass is 16.5. The van der Waals surface area contributed by atoms with E-state index in [1.54, 1.807) is 0 Å². The molecule has 0 aromatic carbocycles. The lowest BCUT2D eigenvalue weighted by Crippen LogP contribution is -2.45. The van der Waals surface area contributed by atoms with Gasteiger partial charge in [-0.05, 0) is 25.7 Å². The minimum Gasteiger partial charge on any atom is -0.466 e. The lowest BCUT2D eigenvalue weighted by atomic mass is 10.0. The number of hydrogen-bond acceptors (Lipinski definition) is 5. The summed E-state index contributed by atoms with van der Waals surface area (Å²) in [5.74, 6) is -0.0305. The van der Waals surface area contributed by atoms with Gasteiger partial charge in [0, 0.05) is 12.8 Å². The van der Waals surface area contributed by atoms with Crippen LogP contribution in [0.4, 0.5) is 0 Å². The molecule has 6 heteroatoms. The lowest BCUT2D eigenvalue weighted by Gasteiger charge is -2.22. The van der Waals surface area contributed by atoms with Gasteiger partial charge in [-0.1, -0.05) is 303 Å². The zero-order valence-corrected chi connectivity index (χ0v) is 44.3. The molecule has 1 amide bonds. The minimum absolute atomic E-state index is 0.00856. The van der Waals surface area contributed by atoms with Crippen molar-refractivity contribution in [1.82, 2.24) is 5.32 Å². The summed E-state index contributed by atoms with van der Waals surface area (Å²) in [6.07, 6.45) is 63.8. The van der Waals surface area contributed by atoms with Gasteiger partial charge >= 0.3 is 5.97 Å². The molecule has 0 aliphatic heterocycles. The van der Waals surface area contributed by atoms with Gasteiger partial charge in [0.15, 0.2) is 0 Å². The first-order chi connectivity index (χ1) is 32.0. The Bertz CT molecular complexity index is 928. The number of carbonyl (C=O) groups excluding carboxylic acids is 2. The Labute approximate surface area is 406 Å². The maximum atomic E-state index is 12.5. The van der Waals surface area contributed by atoms with Crippen molar-refractivity contribution >= 4 is 11.9 Å². The van der Waals surface area contributed by atoms with Crippen molar-refractivity contribution in [3.8, 4) is 0 Å². The zero-order valence-electron chi connectivity index (χ0n) is 44.3. The van der Waals surface area contributed by atoms with E-state index in [9.17, 15) is 19.8 Å². The van der Waals surface area contributed by atoms with E-state index in [1.165, 1.54) is 270 Å². The van der Waals surface area contributed by atoms with Gasteiger partial charge in [-0.15, -0.1) is 0 Å². The molecule has 0 saturated heterocycles. The van der Waals surface area contributed by atoms with Gasteiger partial charge in [-0.3, -0.25) is 9.59 Å². The first-order valence-corrected chi connectivity index (χ1v) is 29.8. The van der Waals surface area contributed by atoms with Gasteiger partial charge < -0.3 is 20.3 Å². The van der Waals surface area contributed by atoms with Crippen molar-refractivity contribution in [2.75, 3.05) is 13.2 Å². The predicted molar refractivity (Wildman–Crippen MR) is 283 cm³/mol. The fourth-order valence-corrected chi connectivity index (χ4v) is 9.58. The number of amides is 1. The molecule has 2 atom stereocenters. The molecule has 0 aromatic heterocycles. The molecular weight excluding hydrogens is 803 g/mol. The molecule has 0 fully saturated rings. The van der Waals surface area contributed by atoms with Gasteiger partial charge in [0.25, 0.3) is 0 Å². The van der Waals surface area contributed by atoms with Gasteiger partial charge in [0.2, 0.25) is 5.91 Å². The number of rotatable bonds is 56. The first kappa shape index (κ1) is 63.9. The molecular formula is C59H117NO5. The lowest BCUT2D eigenvalue weighted by molar-refractivity contribution is -0.143. The third kappa shape index (κ3) is 52.1. The Morgan fingerprint density at radius 2 is 0.631 bits per heavy atom. The van der Waals surface area contributed by atoms with E-state index < -0.39 is 12.1 Å². The molecule has 3 N–H and O–H groups in total. The molecule has 0 heterocycles. The number of nitrogens with one attached hydrogen (secondary N) is 1. The van der Waals surface area contributed by atoms with Gasteiger partial charge in [0.1, 0.15) is 0 Å². The van der Waals surface area contributed by atoms with Gasteiger partial charge in [-0.25, -0.2) is 0 Å². The summed E-state index contributed by atoms with van der Waals surface area (Å²) in [6, 6.07) is -0.545.